The molecule has 0 amide bonds. The van der Waals surface area contributed by atoms with Crippen molar-refractivity contribution in [1.29, 1.82) is 0 Å². The van der Waals surface area contributed by atoms with Crippen molar-refractivity contribution >= 4 is 21.6 Å². The van der Waals surface area contributed by atoms with Gasteiger partial charge in [-0.15, -0.1) is 0 Å². The first-order valence-corrected chi connectivity index (χ1v) is 9.98. The Balaban J connectivity index is 1.93. The molecule has 1 aliphatic rings. The van der Waals surface area contributed by atoms with E-state index < -0.39 is 10.0 Å². The molecule has 0 spiro atoms. The van der Waals surface area contributed by atoms with Gasteiger partial charge in [0.2, 0.25) is 10.0 Å². The maximum absolute atomic E-state index is 13.1. The zero-order chi connectivity index (χ0) is 18.2. The van der Waals surface area contributed by atoms with Crippen LogP contribution in [0.4, 0.5) is 0 Å². The van der Waals surface area contributed by atoms with Gasteiger partial charge in [-0.05, 0) is 31.0 Å². The second kappa shape index (κ2) is 6.97. The van der Waals surface area contributed by atoms with Crippen molar-refractivity contribution in [3.05, 3.63) is 40.7 Å². The van der Waals surface area contributed by atoms with Crippen LogP contribution in [-0.2, 0) is 10.0 Å². The number of benzene rings is 1. The van der Waals surface area contributed by atoms with E-state index in [4.69, 9.17) is 20.9 Å². The first-order chi connectivity index (χ1) is 11.8. The van der Waals surface area contributed by atoms with E-state index in [1.165, 1.54) is 23.5 Å². The minimum absolute atomic E-state index is 0.151. The number of aromatic nitrogens is 1. The summed E-state index contributed by atoms with van der Waals surface area (Å²) in [5.74, 6) is 1.40. The van der Waals surface area contributed by atoms with Crippen LogP contribution in [0.5, 0.6) is 5.75 Å². The average molecular weight is 385 g/mol. The Morgan fingerprint density at radius 2 is 2.12 bits per heavy atom. The van der Waals surface area contributed by atoms with E-state index in [9.17, 15) is 8.42 Å². The number of ether oxygens (including phenoxy) is 1. The van der Waals surface area contributed by atoms with Crippen LogP contribution in [0.2, 0.25) is 5.02 Å². The normalized spacial score (nSPS) is 18.8. The smallest absolute Gasteiger partial charge is 0.243 e. The highest BCUT2D eigenvalue weighted by Crippen LogP contribution is 2.38. The number of halogens is 1. The largest absolute Gasteiger partial charge is 0.495 e. The standard InChI is InChI=1S/C17H21ClN2O4S/c1-11(2)17-10-14(19-24-17)15-5-4-8-20(15)25(21,22)12-6-7-16(23-3)13(18)9-12/h6-7,9-11,15H,4-5,8H2,1-3H3/t15-/m0/s1. The molecule has 1 aliphatic heterocycles. The van der Waals surface area contributed by atoms with E-state index in [-0.39, 0.29) is 21.9 Å². The molecule has 0 radical (unpaired) electrons. The number of hydrogen-bond acceptors (Lipinski definition) is 5. The van der Waals surface area contributed by atoms with E-state index in [0.717, 1.165) is 12.2 Å². The lowest BCUT2D eigenvalue weighted by Gasteiger charge is -2.22. The summed E-state index contributed by atoms with van der Waals surface area (Å²) < 4.78 is 38.1. The molecule has 1 atom stereocenters. The average Bonchev–Trinajstić information content (AvgIpc) is 3.23. The van der Waals surface area contributed by atoms with Crippen LogP contribution in [0.3, 0.4) is 0 Å². The lowest BCUT2D eigenvalue weighted by Crippen LogP contribution is -2.30. The molecule has 0 N–H and O–H groups in total. The van der Waals surface area contributed by atoms with E-state index in [0.29, 0.717) is 24.4 Å². The molecule has 0 unspecified atom stereocenters. The molecule has 25 heavy (non-hydrogen) atoms. The highest BCUT2D eigenvalue weighted by molar-refractivity contribution is 7.89. The highest BCUT2D eigenvalue weighted by Gasteiger charge is 2.38. The first-order valence-electron chi connectivity index (χ1n) is 8.16. The lowest BCUT2D eigenvalue weighted by molar-refractivity contribution is 0.338. The molecule has 1 aromatic heterocycles. The Kier molecular flexibility index (Phi) is 5.09. The second-order valence-electron chi connectivity index (χ2n) is 6.38. The summed E-state index contributed by atoms with van der Waals surface area (Å²) in [6.45, 7) is 4.46. The molecule has 0 bridgehead atoms. The van der Waals surface area contributed by atoms with Gasteiger partial charge in [0.25, 0.3) is 0 Å². The quantitative estimate of drug-likeness (QED) is 0.779. The fourth-order valence-electron chi connectivity index (χ4n) is 3.00. The predicted molar refractivity (Wildman–Crippen MR) is 94.5 cm³/mol. The van der Waals surface area contributed by atoms with Gasteiger partial charge in [0.1, 0.15) is 17.2 Å². The molecule has 0 saturated carbocycles. The number of sulfonamides is 1. The Morgan fingerprint density at radius 3 is 2.72 bits per heavy atom. The minimum Gasteiger partial charge on any atom is -0.495 e. The van der Waals surface area contributed by atoms with Gasteiger partial charge in [-0.1, -0.05) is 30.6 Å². The van der Waals surface area contributed by atoms with Crippen molar-refractivity contribution in [2.75, 3.05) is 13.7 Å². The molecule has 2 aromatic rings. The molecule has 0 aliphatic carbocycles. The van der Waals surface area contributed by atoms with Crippen LogP contribution < -0.4 is 4.74 Å². The summed E-state index contributed by atoms with van der Waals surface area (Å²) >= 11 is 6.10. The van der Waals surface area contributed by atoms with Crippen molar-refractivity contribution in [2.24, 2.45) is 0 Å². The molecule has 1 aromatic carbocycles. The number of rotatable bonds is 5. The fourth-order valence-corrected chi connectivity index (χ4v) is 5.02. The zero-order valence-electron chi connectivity index (χ0n) is 14.4. The van der Waals surface area contributed by atoms with Gasteiger partial charge in [0, 0.05) is 18.5 Å². The van der Waals surface area contributed by atoms with Gasteiger partial charge >= 0.3 is 0 Å². The van der Waals surface area contributed by atoms with Crippen LogP contribution in [0.25, 0.3) is 0 Å². The van der Waals surface area contributed by atoms with Gasteiger partial charge < -0.3 is 9.26 Å². The van der Waals surface area contributed by atoms with Crippen LogP contribution >= 0.6 is 11.6 Å². The van der Waals surface area contributed by atoms with Crippen LogP contribution in [0.1, 0.15) is 50.1 Å². The molecule has 8 heteroatoms. The topological polar surface area (TPSA) is 72.6 Å². The van der Waals surface area contributed by atoms with Gasteiger partial charge in [-0.3, -0.25) is 0 Å². The molecule has 6 nitrogen and oxygen atoms in total. The van der Waals surface area contributed by atoms with Gasteiger partial charge in [-0.2, -0.15) is 4.31 Å². The van der Waals surface area contributed by atoms with Crippen molar-refractivity contribution < 1.29 is 17.7 Å². The van der Waals surface area contributed by atoms with Crippen LogP contribution in [-0.4, -0.2) is 31.5 Å². The molecule has 136 valence electrons. The Labute approximate surface area is 152 Å². The Hall–Kier alpha value is -1.57. The van der Waals surface area contributed by atoms with Gasteiger partial charge in [0.15, 0.2) is 0 Å². The second-order valence-corrected chi connectivity index (χ2v) is 8.68. The molecule has 1 saturated heterocycles. The van der Waals surface area contributed by atoms with Crippen molar-refractivity contribution in [2.45, 2.75) is 43.5 Å². The minimum atomic E-state index is -3.68. The monoisotopic (exact) mass is 384 g/mol. The molecule has 1 fully saturated rings. The Bertz CT molecular complexity index is 863. The summed E-state index contributed by atoms with van der Waals surface area (Å²) in [5.41, 5.74) is 0.657. The maximum Gasteiger partial charge on any atom is 0.243 e. The molecule has 2 heterocycles. The third-order valence-electron chi connectivity index (χ3n) is 4.39. The lowest BCUT2D eigenvalue weighted by atomic mass is 10.1. The number of nitrogens with zero attached hydrogens (tertiary/aromatic N) is 2. The zero-order valence-corrected chi connectivity index (χ0v) is 16.0. The van der Waals surface area contributed by atoms with Crippen LogP contribution in [0.15, 0.2) is 33.7 Å². The number of hydrogen-bond donors (Lipinski definition) is 0. The van der Waals surface area contributed by atoms with E-state index >= 15 is 0 Å². The third kappa shape index (κ3) is 3.41. The summed E-state index contributed by atoms with van der Waals surface area (Å²) in [5, 5.41) is 4.36. The molecular weight excluding hydrogens is 364 g/mol. The summed E-state index contributed by atoms with van der Waals surface area (Å²) in [4.78, 5) is 0.151. The van der Waals surface area contributed by atoms with Crippen molar-refractivity contribution in [3.63, 3.8) is 0 Å². The maximum atomic E-state index is 13.1. The number of methoxy groups -OCH3 is 1. The van der Waals surface area contributed by atoms with Gasteiger partial charge in [0.05, 0.1) is 23.1 Å². The first kappa shape index (κ1) is 18.2. The van der Waals surface area contributed by atoms with E-state index in [1.807, 2.05) is 19.9 Å². The van der Waals surface area contributed by atoms with E-state index in [2.05, 4.69) is 5.16 Å². The van der Waals surface area contributed by atoms with Crippen molar-refractivity contribution in [3.8, 4) is 5.75 Å². The van der Waals surface area contributed by atoms with Crippen LogP contribution in [0, 0.1) is 0 Å². The van der Waals surface area contributed by atoms with Crippen molar-refractivity contribution in [1.82, 2.24) is 9.46 Å². The highest BCUT2D eigenvalue weighted by atomic mass is 35.5. The summed E-state index contributed by atoms with van der Waals surface area (Å²) in [6.07, 6.45) is 1.49. The van der Waals surface area contributed by atoms with E-state index in [1.54, 1.807) is 6.07 Å². The predicted octanol–water partition coefficient (Wildman–Crippen LogP) is 3.99. The third-order valence-corrected chi connectivity index (χ3v) is 6.59. The molecule has 3 rings (SSSR count). The fraction of sp³-hybridized carbons (Fsp3) is 0.471. The van der Waals surface area contributed by atoms with Gasteiger partial charge in [-0.25, -0.2) is 8.42 Å². The summed E-state index contributed by atoms with van der Waals surface area (Å²) in [6, 6.07) is 6.03. The Morgan fingerprint density at radius 1 is 1.36 bits per heavy atom. The molecular formula is C17H21ClN2O4S. The summed E-state index contributed by atoms with van der Waals surface area (Å²) in [7, 11) is -2.19. The SMILES string of the molecule is COc1ccc(S(=O)(=O)N2CCC[C@H]2c2cc(C(C)C)on2)cc1Cl.